The summed E-state index contributed by atoms with van der Waals surface area (Å²) in [5, 5.41) is 28.1. The largest absolute Gasteiger partial charge is 0.334 e. The summed E-state index contributed by atoms with van der Waals surface area (Å²) in [6, 6.07) is 20.6. The van der Waals surface area contributed by atoms with Gasteiger partial charge in [0, 0.05) is 38.1 Å². The predicted octanol–water partition coefficient (Wildman–Crippen LogP) is 6.10. The van der Waals surface area contributed by atoms with Crippen LogP contribution >= 0.6 is 0 Å². The molecule has 0 spiro atoms. The monoisotopic (exact) mass is 593 g/mol. The first-order chi connectivity index (χ1) is 21.4. The van der Waals surface area contributed by atoms with Crippen LogP contribution in [0.3, 0.4) is 0 Å². The topological polar surface area (TPSA) is 121 Å². The molecule has 0 aliphatic carbocycles. The molecule has 2 amide bonds. The van der Waals surface area contributed by atoms with Crippen LogP contribution in [0.4, 0.5) is 0 Å². The number of carbonyl (C=O) groups is 2. The molecule has 3 aliphatic heterocycles. The van der Waals surface area contributed by atoms with E-state index in [0.29, 0.717) is 0 Å². The summed E-state index contributed by atoms with van der Waals surface area (Å²) in [6.45, 7) is 4.83. The van der Waals surface area contributed by atoms with Crippen molar-refractivity contribution in [2.45, 2.75) is 76.5 Å². The van der Waals surface area contributed by atoms with Crippen molar-refractivity contribution < 1.29 is 14.8 Å². The summed E-state index contributed by atoms with van der Waals surface area (Å²) >= 11 is 0. The van der Waals surface area contributed by atoms with Gasteiger partial charge in [0.05, 0.1) is 46.9 Å². The van der Waals surface area contributed by atoms with Crippen molar-refractivity contribution in [3.05, 3.63) is 83.2 Å². The number of carbonyl (C=O) groups excluding carboxylic acids is 2. The Kier molecular flexibility index (Phi) is 7.55. The fraction of sp³-hybridized carbons (Fsp3) is 0.412. The molecule has 2 aromatic heterocycles. The number of benzene rings is 2. The number of hydroxylamine groups is 2. The third-order valence-electron chi connectivity index (χ3n) is 9.76. The van der Waals surface area contributed by atoms with Gasteiger partial charge in [-0.15, -0.1) is 0 Å². The average molecular weight is 594 g/mol. The van der Waals surface area contributed by atoms with Crippen molar-refractivity contribution in [3.63, 3.8) is 0 Å². The van der Waals surface area contributed by atoms with E-state index in [1.807, 2.05) is 21.9 Å². The van der Waals surface area contributed by atoms with Gasteiger partial charge in [-0.05, 0) is 61.8 Å². The maximum Gasteiger partial charge on any atom is 0.220 e. The van der Waals surface area contributed by atoms with Crippen molar-refractivity contribution in [1.82, 2.24) is 35.3 Å². The summed E-state index contributed by atoms with van der Waals surface area (Å²) in [6.07, 6.45) is 5.62. The first-order valence-corrected chi connectivity index (χ1v) is 15.7. The Morgan fingerprint density at radius 3 is 1.45 bits per heavy atom. The van der Waals surface area contributed by atoms with Crippen LogP contribution in [0.5, 0.6) is 0 Å². The van der Waals surface area contributed by atoms with Gasteiger partial charge in [-0.3, -0.25) is 19.8 Å². The number of H-pyrrole nitrogens is 2. The second-order valence-electron chi connectivity index (χ2n) is 12.4. The Morgan fingerprint density at radius 1 is 0.659 bits per heavy atom. The quantitative estimate of drug-likeness (QED) is 0.248. The third-order valence-corrected chi connectivity index (χ3v) is 9.76. The van der Waals surface area contributed by atoms with E-state index in [4.69, 9.17) is 0 Å². The van der Waals surface area contributed by atoms with Gasteiger partial charge < -0.3 is 15.0 Å². The highest BCUT2D eigenvalue weighted by Crippen LogP contribution is 2.43. The second kappa shape index (κ2) is 11.7. The minimum atomic E-state index is -0.0874. The first kappa shape index (κ1) is 28.5. The minimum absolute atomic E-state index is 0.0628. The Labute approximate surface area is 257 Å². The maximum atomic E-state index is 12.0. The Hall–Kier alpha value is -4.28. The summed E-state index contributed by atoms with van der Waals surface area (Å²) in [4.78, 5) is 27.8. The highest BCUT2D eigenvalue weighted by molar-refractivity contribution is 5.74. The van der Waals surface area contributed by atoms with Crippen molar-refractivity contribution in [2.75, 3.05) is 13.1 Å². The zero-order valence-corrected chi connectivity index (χ0v) is 25.2. The molecule has 3 saturated heterocycles. The number of hydrogen-bond acceptors (Lipinski definition) is 6. The van der Waals surface area contributed by atoms with Gasteiger partial charge in [-0.25, -0.2) is 0 Å². The molecule has 3 fully saturated rings. The molecule has 7 rings (SSSR count). The smallest absolute Gasteiger partial charge is 0.220 e. The Bertz CT molecular complexity index is 1520. The number of amides is 2. The van der Waals surface area contributed by atoms with E-state index in [0.717, 1.165) is 96.6 Å². The lowest BCUT2D eigenvalue weighted by Crippen LogP contribution is -2.28. The van der Waals surface area contributed by atoms with Gasteiger partial charge in [0.2, 0.25) is 11.8 Å². The summed E-state index contributed by atoms with van der Waals surface area (Å²) in [7, 11) is 0. The van der Waals surface area contributed by atoms with Crippen molar-refractivity contribution >= 4 is 11.8 Å². The lowest BCUT2D eigenvalue weighted by Gasteiger charge is -2.24. The molecule has 0 saturated carbocycles. The lowest BCUT2D eigenvalue weighted by atomic mass is 10.0. The van der Waals surface area contributed by atoms with Crippen LogP contribution in [-0.2, 0) is 9.59 Å². The first-order valence-electron chi connectivity index (χ1n) is 15.7. The standard InChI is InChI=1S/C34H39N7O3/c1-21(42)39-17-3-5-33(39)29-19-27(35-37-29)23-7-11-25(12-8-23)31-15-16-32(41(31)44)26-13-9-24(10-14-26)28-20-30(38-36-28)34-6-4-18-40(34)22(2)43/h7-14,19-20,31-34,44H,3-6,15-18H2,1-2H3,(H,35,37)(H,36,38). The number of nitrogens with one attached hydrogen (secondary N) is 2. The molecule has 4 aromatic rings. The lowest BCUT2D eigenvalue weighted by molar-refractivity contribution is -0.137. The zero-order valence-electron chi connectivity index (χ0n) is 25.2. The van der Waals surface area contributed by atoms with Gasteiger partial charge in [0.25, 0.3) is 0 Å². The predicted molar refractivity (Wildman–Crippen MR) is 165 cm³/mol. The second-order valence-corrected chi connectivity index (χ2v) is 12.4. The van der Waals surface area contributed by atoms with Crippen LogP contribution in [0.25, 0.3) is 22.5 Å². The van der Waals surface area contributed by atoms with E-state index in [9.17, 15) is 14.8 Å². The van der Waals surface area contributed by atoms with E-state index >= 15 is 0 Å². The van der Waals surface area contributed by atoms with Gasteiger partial charge in [-0.1, -0.05) is 48.5 Å². The van der Waals surface area contributed by atoms with E-state index in [1.54, 1.807) is 13.8 Å². The van der Waals surface area contributed by atoms with Crippen LogP contribution in [0.15, 0.2) is 60.7 Å². The zero-order chi connectivity index (χ0) is 30.4. The average Bonchev–Trinajstić information content (AvgIpc) is 3.86. The van der Waals surface area contributed by atoms with Crippen molar-refractivity contribution in [3.8, 4) is 22.5 Å². The molecule has 4 atom stereocenters. The normalized spacial score (nSPS) is 24.0. The van der Waals surface area contributed by atoms with Crippen LogP contribution in [0, 0.1) is 0 Å². The van der Waals surface area contributed by atoms with Gasteiger partial charge in [-0.2, -0.15) is 15.3 Å². The highest BCUT2D eigenvalue weighted by atomic mass is 16.5. The highest BCUT2D eigenvalue weighted by Gasteiger charge is 2.35. The van der Waals surface area contributed by atoms with Crippen molar-refractivity contribution in [2.24, 2.45) is 0 Å². The van der Waals surface area contributed by atoms with Crippen LogP contribution in [0.2, 0.25) is 0 Å². The van der Waals surface area contributed by atoms with Gasteiger partial charge in [0.15, 0.2) is 0 Å². The van der Waals surface area contributed by atoms with Crippen LogP contribution in [0.1, 0.15) is 99.1 Å². The number of aromatic nitrogens is 4. The Balaban J connectivity index is 1.01. The minimum Gasteiger partial charge on any atom is -0.334 e. The van der Waals surface area contributed by atoms with Gasteiger partial charge >= 0.3 is 0 Å². The molecule has 5 heterocycles. The number of nitrogens with zero attached hydrogens (tertiary/aromatic N) is 5. The molecule has 4 unspecified atom stereocenters. The Morgan fingerprint density at radius 2 is 1.07 bits per heavy atom. The SMILES string of the molecule is CC(=O)N1CCCC1c1cc(-c2ccc(C3CCC(c4ccc(-c5cc(C6CCCN6C(C)=O)[nH]n5)cc4)N3O)cc2)n[nH]1. The number of aromatic amines is 2. The fourth-order valence-electron chi connectivity index (χ4n) is 7.43. The van der Waals surface area contributed by atoms with Crippen LogP contribution < -0.4 is 0 Å². The molecular weight excluding hydrogens is 554 g/mol. The molecule has 10 heteroatoms. The summed E-state index contributed by atoms with van der Waals surface area (Å²) in [5.41, 5.74) is 7.81. The van der Waals surface area contributed by atoms with Gasteiger partial charge in [0.1, 0.15) is 0 Å². The summed E-state index contributed by atoms with van der Waals surface area (Å²) < 4.78 is 0. The molecule has 0 bridgehead atoms. The number of rotatable bonds is 6. The fourth-order valence-corrected chi connectivity index (χ4v) is 7.43. The molecule has 228 valence electrons. The molecular formula is C34H39N7O3. The molecule has 0 radical (unpaired) electrons. The molecule has 3 N–H and O–H groups in total. The van der Waals surface area contributed by atoms with E-state index in [2.05, 4.69) is 68.9 Å². The molecule has 44 heavy (non-hydrogen) atoms. The molecule has 2 aromatic carbocycles. The van der Waals surface area contributed by atoms with Crippen molar-refractivity contribution in [1.29, 1.82) is 0 Å². The summed E-state index contributed by atoms with van der Waals surface area (Å²) in [5.74, 6) is 0.197. The molecule has 3 aliphatic rings. The van der Waals surface area contributed by atoms with Crippen LogP contribution in [-0.4, -0.2) is 65.4 Å². The maximum absolute atomic E-state index is 12.0. The van der Waals surface area contributed by atoms with E-state index < -0.39 is 0 Å². The third kappa shape index (κ3) is 5.22. The number of likely N-dealkylation sites (tertiary alicyclic amines) is 2. The number of hydrogen-bond donors (Lipinski definition) is 3. The van der Waals surface area contributed by atoms with E-state index in [1.165, 1.54) is 5.06 Å². The van der Waals surface area contributed by atoms with E-state index in [-0.39, 0.29) is 36.0 Å². The molecule has 10 nitrogen and oxygen atoms in total.